The maximum Gasteiger partial charge on any atom is 0.265 e. The Morgan fingerprint density at radius 3 is 2.12 bits per heavy atom. The summed E-state index contributed by atoms with van der Waals surface area (Å²) in [6, 6.07) is 12.9. The first-order valence-electron chi connectivity index (χ1n) is 7.39. The molecule has 1 fully saturated rings. The molecule has 0 saturated carbocycles. The number of benzene rings is 2. The van der Waals surface area contributed by atoms with Crippen LogP contribution in [0.3, 0.4) is 0 Å². The molecule has 2 aromatic rings. The third-order valence-corrected chi connectivity index (χ3v) is 4.76. The number of anilines is 1. The van der Waals surface area contributed by atoms with Gasteiger partial charge < -0.3 is 0 Å². The molecule has 3 amide bonds. The fraction of sp³-hybridized carbons (Fsp3) is 0.118. The van der Waals surface area contributed by atoms with E-state index in [0.29, 0.717) is 11.3 Å². The summed E-state index contributed by atoms with van der Waals surface area (Å²) < 4.78 is 1.71. The number of nitrogens with zero attached hydrogens (tertiary/aromatic N) is 1. The zero-order valence-electron chi connectivity index (χ0n) is 12.8. The van der Waals surface area contributed by atoms with Gasteiger partial charge in [0.05, 0.1) is 12.1 Å². The highest BCUT2D eigenvalue weighted by atomic mass is 79.9. The van der Waals surface area contributed by atoms with E-state index in [9.17, 15) is 14.4 Å². The first kappa shape index (κ1) is 17.8. The lowest BCUT2D eigenvalue weighted by Crippen LogP contribution is -2.48. The monoisotopic (exact) mass is 465 g/mol. The second-order valence-corrected chi connectivity index (χ2v) is 7.24. The van der Waals surface area contributed by atoms with Gasteiger partial charge in [-0.3, -0.25) is 19.8 Å². The van der Waals surface area contributed by atoms with Crippen molar-refractivity contribution >= 4 is 55.3 Å². The van der Waals surface area contributed by atoms with Gasteiger partial charge in [0, 0.05) is 14.5 Å². The lowest BCUT2D eigenvalue weighted by atomic mass is 10.2. The SMILES string of the molecule is O=C(NN[C@H]1CC(=O)N(c2ccc(Br)cc2)C1=O)c1ccc(Br)cc1. The van der Waals surface area contributed by atoms with Crippen molar-refractivity contribution in [3.05, 3.63) is 63.0 Å². The Morgan fingerprint density at radius 2 is 1.52 bits per heavy atom. The molecule has 2 aromatic carbocycles. The fourth-order valence-electron chi connectivity index (χ4n) is 2.43. The average Bonchev–Trinajstić information content (AvgIpc) is 2.88. The summed E-state index contributed by atoms with van der Waals surface area (Å²) in [5.74, 6) is -1.10. The van der Waals surface area contributed by atoms with E-state index in [-0.39, 0.29) is 18.2 Å². The predicted octanol–water partition coefficient (Wildman–Crippen LogP) is 2.78. The van der Waals surface area contributed by atoms with Gasteiger partial charge >= 0.3 is 0 Å². The summed E-state index contributed by atoms with van der Waals surface area (Å²) >= 11 is 6.61. The highest BCUT2D eigenvalue weighted by Crippen LogP contribution is 2.24. The van der Waals surface area contributed by atoms with Gasteiger partial charge in [-0.15, -0.1) is 0 Å². The van der Waals surface area contributed by atoms with Crippen molar-refractivity contribution in [3.8, 4) is 0 Å². The lowest BCUT2D eigenvalue weighted by molar-refractivity contribution is -0.121. The summed E-state index contributed by atoms with van der Waals surface area (Å²) in [5.41, 5.74) is 6.08. The topological polar surface area (TPSA) is 78.5 Å². The van der Waals surface area contributed by atoms with Gasteiger partial charge in [0.25, 0.3) is 11.8 Å². The molecule has 128 valence electrons. The largest absolute Gasteiger partial charge is 0.287 e. The lowest BCUT2D eigenvalue weighted by Gasteiger charge is -2.16. The van der Waals surface area contributed by atoms with E-state index in [1.807, 2.05) is 0 Å². The highest BCUT2D eigenvalue weighted by molar-refractivity contribution is 9.10. The zero-order chi connectivity index (χ0) is 18.0. The molecule has 2 N–H and O–H groups in total. The van der Waals surface area contributed by atoms with Gasteiger partial charge in [0.2, 0.25) is 5.91 Å². The predicted molar refractivity (Wildman–Crippen MR) is 99.8 cm³/mol. The summed E-state index contributed by atoms with van der Waals surface area (Å²) in [4.78, 5) is 37.8. The number of nitrogens with one attached hydrogen (secondary N) is 2. The van der Waals surface area contributed by atoms with Crippen LogP contribution in [0.25, 0.3) is 0 Å². The van der Waals surface area contributed by atoms with Crippen LogP contribution >= 0.6 is 31.9 Å². The quantitative estimate of drug-likeness (QED) is 0.536. The van der Waals surface area contributed by atoms with E-state index in [0.717, 1.165) is 13.8 Å². The molecule has 1 aliphatic rings. The fourth-order valence-corrected chi connectivity index (χ4v) is 2.96. The number of halogens is 2. The molecule has 1 atom stereocenters. The van der Waals surface area contributed by atoms with Crippen LogP contribution < -0.4 is 15.8 Å². The minimum atomic E-state index is -0.796. The molecule has 0 spiro atoms. The third kappa shape index (κ3) is 3.97. The highest BCUT2D eigenvalue weighted by Gasteiger charge is 2.39. The Bertz CT molecular complexity index is 822. The Labute approximate surface area is 160 Å². The van der Waals surface area contributed by atoms with Crippen LogP contribution in [0.15, 0.2) is 57.5 Å². The van der Waals surface area contributed by atoms with Crippen LogP contribution in [0.5, 0.6) is 0 Å². The first-order chi connectivity index (χ1) is 12.0. The molecule has 8 heteroatoms. The van der Waals surface area contributed by atoms with Crippen LogP contribution in [0.2, 0.25) is 0 Å². The summed E-state index contributed by atoms with van der Waals surface area (Å²) in [6.45, 7) is 0. The Hall–Kier alpha value is -2.03. The van der Waals surface area contributed by atoms with Crippen LogP contribution in [0.4, 0.5) is 5.69 Å². The third-order valence-electron chi connectivity index (χ3n) is 3.70. The average molecular weight is 467 g/mol. The smallest absolute Gasteiger partial charge is 0.265 e. The standard InChI is InChI=1S/C17H13Br2N3O3/c18-11-3-1-10(2-4-11)16(24)21-20-14-9-15(23)22(17(14)25)13-7-5-12(19)6-8-13/h1-8,14,20H,9H2,(H,21,24)/t14-/m0/s1. The Balaban J connectivity index is 1.65. The van der Waals surface area contributed by atoms with E-state index in [1.54, 1.807) is 48.5 Å². The second-order valence-electron chi connectivity index (χ2n) is 5.41. The number of carbonyl (C=O) groups excluding carboxylic acids is 3. The van der Waals surface area contributed by atoms with Crippen molar-refractivity contribution < 1.29 is 14.4 Å². The first-order valence-corrected chi connectivity index (χ1v) is 8.98. The van der Waals surface area contributed by atoms with E-state index in [1.165, 1.54) is 0 Å². The second kappa shape index (κ2) is 7.47. The molecule has 3 rings (SSSR count). The zero-order valence-corrected chi connectivity index (χ0v) is 16.0. The van der Waals surface area contributed by atoms with Crippen LogP contribution in [0.1, 0.15) is 16.8 Å². The summed E-state index contributed by atoms with van der Waals surface area (Å²) in [6.07, 6.45) is -0.0183. The van der Waals surface area contributed by atoms with Gasteiger partial charge in [0.15, 0.2) is 0 Å². The molecule has 0 bridgehead atoms. The summed E-state index contributed by atoms with van der Waals surface area (Å²) in [7, 11) is 0. The molecule has 1 aliphatic heterocycles. The van der Waals surface area contributed by atoms with E-state index >= 15 is 0 Å². The molecule has 1 heterocycles. The van der Waals surface area contributed by atoms with E-state index < -0.39 is 11.9 Å². The van der Waals surface area contributed by atoms with E-state index in [4.69, 9.17) is 0 Å². The van der Waals surface area contributed by atoms with Crippen LogP contribution in [-0.4, -0.2) is 23.8 Å². The molecule has 6 nitrogen and oxygen atoms in total. The molecular weight excluding hydrogens is 454 g/mol. The number of carbonyl (C=O) groups is 3. The van der Waals surface area contributed by atoms with Crippen molar-refractivity contribution in [1.82, 2.24) is 10.9 Å². The summed E-state index contributed by atoms with van der Waals surface area (Å²) in [5, 5.41) is 0. The minimum Gasteiger partial charge on any atom is -0.287 e. The van der Waals surface area contributed by atoms with Gasteiger partial charge in [-0.25, -0.2) is 10.3 Å². The van der Waals surface area contributed by atoms with Crippen molar-refractivity contribution in [1.29, 1.82) is 0 Å². The van der Waals surface area contributed by atoms with Crippen LogP contribution in [-0.2, 0) is 9.59 Å². The maximum atomic E-state index is 12.5. The Kier molecular flexibility index (Phi) is 5.31. The van der Waals surface area contributed by atoms with Gasteiger partial charge in [-0.05, 0) is 48.5 Å². The maximum absolute atomic E-state index is 12.5. The molecule has 0 unspecified atom stereocenters. The number of hydrogen-bond acceptors (Lipinski definition) is 4. The number of imide groups is 1. The van der Waals surface area contributed by atoms with Gasteiger partial charge in [0.1, 0.15) is 6.04 Å². The molecule has 0 aromatic heterocycles. The minimum absolute atomic E-state index is 0.0183. The normalized spacial score (nSPS) is 17.0. The number of hydrazine groups is 1. The van der Waals surface area contributed by atoms with Crippen LogP contribution in [0, 0.1) is 0 Å². The number of hydrogen-bond donors (Lipinski definition) is 2. The van der Waals surface area contributed by atoms with Crippen molar-refractivity contribution in [2.24, 2.45) is 0 Å². The number of rotatable bonds is 4. The molecule has 1 saturated heterocycles. The van der Waals surface area contributed by atoms with Gasteiger partial charge in [-0.2, -0.15) is 0 Å². The Morgan fingerprint density at radius 1 is 0.960 bits per heavy atom. The molecular formula is C17H13Br2N3O3. The van der Waals surface area contributed by atoms with Crippen molar-refractivity contribution in [3.63, 3.8) is 0 Å². The van der Waals surface area contributed by atoms with Crippen molar-refractivity contribution in [2.45, 2.75) is 12.5 Å². The number of amides is 3. The van der Waals surface area contributed by atoms with E-state index in [2.05, 4.69) is 42.7 Å². The molecule has 0 radical (unpaired) electrons. The molecule has 0 aliphatic carbocycles. The van der Waals surface area contributed by atoms with Crippen molar-refractivity contribution in [2.75, 3.05) is 4.90 Å². The molecule has 25 heavy (non-hydrogen) atoms. The van der Waals surface area contributed by atoms with Gasteiger partial charge in [-0.1, -0.05) is 31.9 Å².